The van der Waals surface area contributed by atoms with Crippen LogP contribution in [0.5, 0.6) is 0 Å². The Balaban J connectivity index is 2.35. The van der Waals surface area contributed by atoms with Crippen molar-refractivity contribution in [3.05, 3.63) is 68.1 Å². The fourth-order valence-electron chi connectivity index (χ4n) is 1.57. The molecule has 1 aromatic carbocycles. The second kappa shape index (κ2) is 4.94. The summed E-state index contributed by atoms with van der Waals surface area (Å²) in [5.74, 6) is 0. The van der Waals surface area contributed by atoms with Gasteiger partial charge in [-0.1, -0.05) is 29.3 Å². The Morgan fingerprint density at radius 3 is 2.59 bits per heavy atom. The van der Waals surface area contributed by atoms with Crippen LogP contribution in [0, 0.1) is 6.92 Å². The molecule has 4 heteroatoms. The first kappa shape index (κ1) is 12.2. The fourth-order valence-corrected chi connectivity index (χ4v) is 2.04. The molecule has 0 saturated heterocycles. The first-order chi connectivity index (χ1) is 8.06. The summed E-state index contributed by atoms with van der Waals surface area (Å²) in [6.45, 7) is 2.34. The van der Waals surface area contributed by atoms with Crippen LogP contribution in [0.4, 0.5) is 0 Å². The molecule has 0 fully saturated rings. The molecule has 1 aromatic heterocycles. The zero-order valence-electron chi connectivity index (χ0n) is 9.28. The summed E-state index contributed by atoms with van der Waals surface area (Å²) >= 11 is 11.9. The van der Waals surface area contributed by atoms with Gasteiger partial charge in [-0.05, 0) is 36.2 Å². The summed E-state index contributed by atoms with van der Waals surface area (Å²) in [7, 11) is 0. The Morgan fingerprint density at radius 2 is 1.94 bits per heavy atom. The molecule has 0 aliphatic carbocycles. The van der Waals surface area contributed by atoms with E-state index in [1.807, 2.05) is 19.1 Å². The molecule has 0 unspecified atom stereocenters. The third-order valence-corrected chi connectivity index (χ3v) is 3.09. The number of benzene rings is 1. The van der Waals surface area contributed by atoms with E-state index >= 15 is 0 Å². The predicted octanol–water partition coefficient (Wildman–Crippen LogP) is 3.51. The number of rotatable bonds is 2. The van der Waals surface area contributed by atoms with Crippen molar-refractivity contribution < 1.29 is 0 Å². The van der Waals surface area contributed by atoms with Crippen LogP contribution in [0.3, 0.4) is 0 Å². The van der Waals surface area contributed by atoms with Gasteiger partial charge in [0.05, 0.1) is 6.54 Å². The summed E-state index contributed by atoms with van der Waals surface area (Å²) in [6, 6.07) is 8.77. The molecule has 88 valence electrons. The molecule has 2 nitrogen and oxygen atoms in total. The van der Waals surface area contributed by atoms with E-state index in [1.54, 1.807) is 29.0 Å². The Kier molecular flexibility index (Phi) is 3.55. The molecule has 0 aliphatic rings. The van der Waals surface area contributed by atoms with Gasteiger partial charge in [0, 0.05) is 22.3 Å². The highest BCUT2D eigenvalue weighted by molar-refractivity contribution is 6.35. The van der Waals surface area contributed by atoms with E-state index in [1.165, 1.54) is 0 Å². The number of nitrogens with zero attached hydrogens (tertiary/aromatic N) is 1. The summed E-state index contributed by atoms with van der Waals surface area (Å²) < 4.78 is 1.61. The maximum absolute atomic E-state index is 11.7. The van der Waals surface area contributed by atoms with E-state index in [2.05, 4.69) is 0 Å². The lowest BCUT2D eigenvalue weighted by atomic mass is 10.2. The second-order valence-electron chi connectivity index (χ2n) is 3.91. The molecule has 0 N–H and O–H groups in total. The predicted molar refractivity (Wildman–Crippen MR) is 71.0 cm³/mol. The van der Waals surface area contributed by atoms with Crippen molar-refractivity contribution in [3.8, 4) is 0 Å². The van der Waals surface area contributed by atoms with Gasteiger partial charge < -0.3 is 4.57 Å². The minimum absolute atomic E-state index is 0.0315. The first-order valence-corrected chi connectivity index (χ1v) is 5.93. The lowest BCUT2D eigenvalue weighted by molar-refractivity contribution is 0.757. The number of aromatic nitrogens is 1. The highest BCUT2D eigenvalue weighted by atomic mass is 35.5. The third-order valence-electron chi connectivity index (χ3n) is 2.51. The van der Waals surface area contributed by atoms with Gasteiger partial charge in [0.15, 0.2) is 0 Å². The summed E-state index contributed by atoms with van der Waals surface area (Å²) in [5.41, 5.74) is 1.80. The molecule has 1 heterocycles. The van der Waals surface area contributed by atoms with Crippen LogP contribution in [-0.4, -0.2) is 4.57 Å². The van der Waals surface area contributed by atoms with E-state index in [9.17, 15) is 4.79 Å². The lowest BCUT2D eigenvalue weighted by Gasteiger charge is -2.08. The molecule has 17 heavy (non-hydrogen) atoms. The van der Waals surface area contributed by atoms with E-state index in [4.69, 9.17) is 23.2 Å². The van der Waals surface area contributed by atoms with Gasteiger partial charge in [0.2, 0.25) is 0 Å². The molecule has 0 radical (unpaired) electrons. The average Bonchev–Trinajstić information content (AvgIpc) is 2.25. The third kappa shape index (κ3) is 2.90. The van der Waals surface area contributed by atoms with Crippen LogP contribution in [0.2, 0.25) is 10.0 Å². The van der Waals surface area contributed by atoms with Crippen molar-refractivity contribution in [2.24, 2.45) is 0 Å². The van der Waals surface area contributed by atoms with Crippen molar-refractivity contribution in [1.29, 1.82) is 0 Å². The van der Waals surface area contributed by atoms with Crippen molar-refractivity contribution in [1.82, 2.24) is 4.57 Å². The Labute approximate surface area is 109 Å². The molecule has 2 rings (SSSR count). The number of halogens is 2. The summed E-state index contributed by atoms with van der Waals surface area (Å²) in [5, 5.41) is 1.17. The molecule has 2 aromatic rings. The Hall–Kier alpha value is -1.25. The van der Waals surface area contributed by atoms with Crippen LogP contribution >= 0.6 is 23.2 Å². The SMILES string of the molecule is Cc1ccn(Cc2ccc(Cl)cc2Cl)c(=O)c1. The van der Waals surface area contributed by atoms with Crippen molar-refractivity contribution in [2.45, 2.75) is 13.5 Å². The molecular weight excluding hydrogens is 257 g/mol. The maximum atomic E-state index is 11.7. The summed E-state index contributed by atoms with van der Waals surface area (Å²) in [4.78, 5) is 11.7. The van der Waals surface area contributed by atoms with Crippen LogP contribution in [0.25, 0.3) is 0 Å². The number of hydrogen-bond donors (Lipinski definition) is 0. The molecule has 0 bridgehead atoms. The van der Waals surface area contributed by atoms with Gasteiger partial charge in [-0.2, -0.15) is 0 Å². The molecular formula is C13H11Cl2NO. The van der Waals surface area contributed by atoms with Gasteiger partial charge in [0.25, 0.3) is 5.56 Å². The van der Waals surface area contributed by atoms with E-state index in [0.717, 1.165) is 11.1 Å². The molecule has 0 saturated carbocycles. The van der Waals surface area contributed by atoms with Crippen molar-refractivity contribution in [2.75, 3.05) is 0 Å². The van der Waals surface area contributed by atoms with Crippen LogP contribution < -0.4 is 5.56 Å². The Bertz CT molecular complexity index is 605. The van der Waals surface area contributed by atoms with Gasteiger partial charge in [-0.15, -0.1) is 0 Å². The van der Waals surface area contributed by atoms with E-state index in [-0.39, 0.29) is 5.56 Å². The van der Waals surface area contributed by atoms with Crippen LogP contribution in [0.15, 0.2) is 41.3 Å². The van der Waals surface area contributed by atoms with Gasteiger partial charge >= 0.3 is 0 Å². The van der Waals surface area contributed by atoms with E-state index < -0.39 is 0 Å². The lowest BCUT2D eigenvalue weighted by Crippen LogP contribution is -2.19. The number of pyridine rings is 1. The van der Waals surface area contributed by atoms with E-state index in [0.29, 0.717) is 16.6 Å². The number of aryl methyl sites for hydroxylation is 1. The van der Waals surface area contributed by atoms with Gasteiger partial charge in [-0.3, -0.25) is 4.79 Å². The maximum Gasteiger partial charge on any atom is 0.251 e. The standard InChI is InChI=1S/C13H11Cl2NO/c1-9-4-5-16(13(17)6-9)8-10-2-3-11(14)7-12(10)15/h2-7H,8H2,1H3. The fraction of sp³-hybridized carbons (Fsp3) is 0.154. The molecule has 0 atom stereocenters. The summed E-state index contributed by atoms with van der Waals surface area (Å²) in [6.07, 6.45) is 1.77. The largest absolute Gasteiger partial charge is 0.311 e. The van der Waals surface area contributed by atoms with Crippen molar-refractivity contribution >= 4 is 23.2 Å². The monoisotopic (exact) mass is 267 g/mol. The molecule has 0 amide bonds. The van der Waals surface area contributed by atoms with Crippen LogP contribution in [0.1, 0.15) is 11.1 Å². The Morgan fingerprint density at radius 1 is 1.18 bits per heavy atom. The zero-order chi connectivity index (χ0) is 12.4. The minimum atomic E-state index is -0.0315. The quantitative estimate of drug-likeness (QED) is 0.816. The average molecular weight is 268 g/mol. The highest BCUT2D eigenvalue weighted by Gasteiger charge is 2.03. The van der Waals surface area contributed by atoms with Crippen molar-refractivity contribution in [3.63, 3.8) is 0 Å². The normalized spacial score (nSPS) is 10.5. The smallest absolute Gasteiger partial charge is 0.251 e. The van der Waals surface area contributed by atoms with Gasteiger partial charge in [-0.25, -0.2) is 0 Å². The molecule has 0 spiro atoms. The highest BCUT2D eigenvalue weighted by Crippen LogP contribution is 2.21. The second-order valence-corrected chi connectivity index (χ2v) is 4.75. The topological polar surface area (TPSA) is 22.0 Å². The number of hydrogen-bond acceptors (Lipinski definition) is 1. The molecule has 0 aliphatic heterocycles. The van der Waals surface area contributed by atoms with Gasteiger partial charge in [0.1, 0.15) is 0 Å². The minimum Gasteiger partial charge on any atom is -0.311 e. The first-order valence-electron chi connectivity index (χ1n) is 5.17. The van der Waals surface area contributed by atoms with Crippen LogP contribution in [-0.2, 0) is 6.54 Å². The zero-order valence-corrected chi connectivity index (χ0v) is 10.8.